The summed E-state index contributed by atoms with van der Waals surface area (Å²) < 4.78 is 32.3. The number of hydrogen-bond acceptors (Lipinski definition) is 5. The summed E-state index contributed by atoms with van der Waals surface area (Å²) in [6.45, 7) is 2.50. The minimum Gasteiger partial charge on any atom is -0.494 e. The van der Waals surface area contributed by atoms with E-state index in [-0.39, 0.29) is 11.4 Å². The fourth-order valence-electron chi connectivity index (χ4n) is 1.57. The van der Waals surface area contributed by atoms with Crippen molar-refractivity contribution in [2.45, 2.75) is 12.7 Å². The van der Waals surface area contributed by atoms with Crippen LogP contribution in [0.15, 0.2) is 34.9 Å². The molecular weight excluding hydrogens is 290 g/mol. The average Bonchev–Trinajstić information content (AvgIpc) is 2.76. The van der Waals surface area contributed by atoms with Crippen LogP contribution in [0.3, 0.4) is 0 Å². The average molecular weight is 302 g/mol. The van der Waals surface area contributed by atoms with Gasteiger partial charge in [0.25, 0.3) is 0 Å². The SMILES string of the molecule is CCOc1ccc(-c2cc(CS(=O)(=O)Cl)no2)cc1. The first-order chi connectivity index (χ1) is 8.98. The smallest absolute Gasteiger partial charge is 0.238 e. The zero-order valence-corrected chi connectivity index (χ0v) is 11.7. The normalized spacial score (nSPS) is 11.5. The fraction of sp³-hybridized carbons (Fsp3) is 0.250. The van der Waals surface area contributed by atoms with Crippen LogP contribution in [0, 0.1) is 0 Å². The first-order valence-electron chi connectivity index (χ1n) is 5.59. The Labute approximate surface area is 115 Å². The van der Waals surface area contributed by atoms with Crippen LogP contribution in [-0.2, 0) is 14.8 Å². The second kappa shape index (κ2) is 5.63. The molecule has 0 bridgehead atoms. The van der Waals surface area contributed by atoms with Crippen LogP contribution in [0.1, 0.15) is 12.6 Å². The maximum absolute atomic E-state index is 10.9. The lowest BCUT2D eigenvalue weighted by Crippen LogP contribution is -1.94. The zero-order valence-electron chi connectivity index (χ0n) is 10.2. The van der Waals surface area contributed by atoms with Gasteiger partial charge in [0, 0.05) is 22.3 Å². The number of halogens is 1. The third kappa shape index (κ3) is 3.97. The topological polar surface area (TPSA) is 69.4 Å². The third-order valence-corrected chi connectivity index (χ3v) is 3.30. The molecule has 0 saturated carbocycles. The summed E-state index contributed by atoms with van der Waals surface area (Å²) in [5, 5.41) is 3.67. The van der Waals surface area contributed by atoms with Crippen molar-refractivity contribution in [1.29, 1.82) is 0 Å². The van der Waals surface area contributed by atoms with Crippen molar-refractivity contribution in [2.75, 3.05) is 6.61 Å². The van der Waals surface area contributed by atoms with Crippen molar-refractivity contribution in [2.24, 2.45) is 0 Å². The van der Waals surface area contributed by atoms with Gasteiger partial charge in [-0.3, -0.25) is 0 Å². The molecule has 0 aliphatic carbocycles. The zero-order chi connectivity index (χ0) is 13.9. The molecule has 0 atom stereocenters. The van der Waals surface area contributed by atoms with Crippen molar-refractivity contribution < 1.29 is 17.7 Å². The molecule has 2 rings (SSSR count). The molecule has 1 heterocycles. The maximum atomic E-state index is 10.9. The van der Waals surface area contributed by atoms with E-state index in [0.29, 0.717) is 12.4 Å². The molecule has 0 radical (unpaired) electrons. The summed E-state index contributed by atoms with van der Waals surface area (Å²) in [6.07, 6.45) is 0. The predicted octanol–water partition coefficient (Wildman–Crippen LogP) is 2.81. The first-order valence-corrected chi connectivity index (χ1v) is 8.07. The minimum absolute atomic E-state index is 0.277. The Morgan fingerprint density at radius 2 is 2.00 bits per heavy atom. The highest BCUT2D eigenvalue weighted by Gasteiger charge is 2.13. The van der Waals surface area contributed by atoms with E-state index in [9.17, 15) is 8.42 Å². The van der Waals surface area contributed by atoms with Crippen LogP contribution >= 0.6 is 10.7 Å². The molecule has 0 N–H and O–H groups in total. The highest BCUT2D eigenvalue weighted by molar-refractivity contribution is 8.13. The molecule has 0 fully saturated rings. The largest absolute Gasteiger partial charge is 0.494 e. The number of aromatic nitrogens is 1. The van der Waals surface area contributed by atoms with Gasteiger partial charge in [-0.05, 0) is 31.2 Å². The summed E-state index contributed by atoms with van der Waals surface area (Å²) >= 11 is 0. The minimum atomic E-state index is -3.63. The molecule has 1 aromatic carbocycles. The van der Waals surface area contributed by atoms with Gasteiger partial charge in [0.05, 0.1) is 6.61 Å². The molecule has 102 valence electrons. The van der Waals surface area contributed by atoms with Crippen LogP contribution in [0.25, 0.3) is 11.3 Å². The second-order valence-corrected chi connectivity index (χ2v) is 6.60. The number of hydrogen-bond donors (Lipinski definition) is 0. The van der Waals surface area contributed by atoms with Gasteiger partial charge >= 0.3 is 0 Å². The van der Waals surface area contributed by atoms with Crippen molar-refractivity contribution in [3.63, 3.8) is 0 Å². The summed E-state index contributed by atoms with van der Waals surface area (Å²) in [6, 6.07) is 8.78. The van der Waals surface area contributed by atoms with Crippen LogP contribution in [0.5, 0.6) is 5.75 Å². The highest BCUT2D eigenvalue weighted by Crippen LogP contribution is 2.24. The van der Waals surface area contributed by atoms with Crippen LogP contribution < -0.4 is 4.74 Å². The van der Waals surface area contributed by atoms with Gasteiger partial charge in [0.15, 0.2) is 5.76 Å². The Bertz CT molecular complexity index is 649. The standard InChI is InChI=1S/C12H12ClNO4S/c1-2-17-11-5-3-9(4-6-11)12-7-10(14-18-12)8-19(13,15)16/h3-7H,2,8H2,1H3. The summed E-state index contributed by atoms with van der Waals surface area (Å²) in [5.74, 6) is 0.891. The number of rotatable bonds is 5. The van der Waals surface area contributed by atoms with E-state index in [1.807, 2.05) is 19.1 Å². The molecule has 2 aromatic rings. The molecule has 19 heavy (non-hydrogen) atoms. The molecular formula is C12H12ClNO4S. The number of ether oxygens (including phenoxy) is 1. The molecule has 0 aliphatic heterocycles. The van der Waals surface area contributed by atoms with Gasteiger partial charge in [0.2, 0.25) is 9.05 Å². The number of nitrogens with zero attached hydrogens (tertiary/aromatic N) is 1. The Kier molecular flexibility index (Phi) is 4.11. The van der Waals surface area contributed by atoms with Crippen LogP contribution in [0.4, 0.5) is 0 Å². The van der Waals surface area contributed by atoms with Gasteiger partial charge < -0.3 is 9.26 Å². The van der Waals surface area contributed by atoms with Gasteiger partial charge in [-0.25, -0.2) is 8.42 Å². The van der Waals surface area contributed by atoms with Crippen molar-refractivity contribution >= 4 is 19.7 Å². The van der Waals surface area contributed by atoms with Gasteiger partial charge in [-0.1, -0.05) is 5.16 Å². The molecule has 1 aromatic heterocycles. The van der Waals surface area contributed by atoms with Crippen molar-refractivity contribution in [3.8, 4) is 17.1 Å². The highest BCUT2D eigenvalue weighted by atomic mass is 35.7. The van der Waals surface area contributed by atoms with E-state index >= 15 is 0 Å². The van der Waals surface area contributed by atoms with Crippen molar-refractivity contribution in [3.05, 3.63) is 36.0 Å². The Hall–Kier alpha value is -1.53. The molecule has 0 unspecified atom stereocenters. The second-order valence-electron chi connectivity index (χ2n) is 3.82. The summed E-state index contributed by atoms with van der Waals surface area (Å²) in [7, 11) is 1.52. The van der Waals surface area contributed by atoms with E-state index in [1.165, 1.54) is 0 Å². The third-order valence-electron chi connectivity index (χ3n) is 2.33. The fourth-order valence-corrected chi connectivity index (χ4v) is 2.40. The Balaban J connectivity index is 2.18. The first kappa shape index (κ1) is 13.9. The Morgan fingerprint density at radius 1 is 1.32 bits per heavy atom. The van der Waals surface area contributed by atoms with Gasteiger partial charge in [-0.2, -0.15) is 0 Å². The lowest BCUT2D eigenvalue weighted by molar-refractivity contribution is 0.340. The molecule has 7 heteroatoms. The van der Waals surface area contributed by atoms with E-state index in [2.05, 4.69) is 5.16 Å². The van der Waals surface area contributed by atoms with Gasteiger partial charge in [0.1, 0.15) is 17.2 Å². The molecule has 5 nitrogen and oxygen atoms in total. The number of benzene rings is 1. The molecule has 0 saturated heterocycles. The predicted molar refractivity (Wildman–Crippen MR) is 71.6 cm³/mol. The van der Waals surface area contributed by atoms with Crippen molar-refractivity contribution in [1.82, 2.24) is 5.16 Å². The Morgan fingerprint density at radius 3 is 2.58 bits per heavy atom. The molecule has 0 aliphatic rings. The van der Waals surface area contributed by atoms with E-state index < -0.39 is 9.05 Å². The molecule has 0 amide bonds. The maximum Gasteiger partial charge on any atom is 0.238 e. The lowest BCUT2D eigenvalue weighted by atomic mass is 10.1. The summed E-state index contributed by atoms with van der Waals surface area (Å²) in [4.78, 5) is 0. The lowest BCUT2D eigenvalue weighted by Gasteiger charge is -2.02. The monoisotopic (exact) mass is 301 g/mol. The quantitative estimate of drug-likeness (QED) is 0.794. The van der Waals surface area contributed by atoms with E-state index in [4.69, 9.17) is 19.9 Å². The van der Waals surface area contributed by atoms with E-state index in [0.717, 1.165) is 11.3 Å². The van der Waals surface area contributed by atoms with E-state index in [1.54, 1.807) is 18.2 Å². The van der Waals surface area contributed by atoms with Crippen LogP contribution in [-0.4, -0.2) is 20.2 Å². The summed E-state index contributed by atoms with van der Waals surface area (Å²) in [5.41, 5.74) is 1.06. The van der Waals surface area contributed by atoms with Gasteiger partial charge in [-0.15, -0.1) is 0 Å². The molecule has 0 spiro atoms. The van der Waals surface area contributed by atoms with Crippen LogP contribution in [0.2, 0.25) is 0 Å².